The van der Waals surface area contributed by atoms with E-state index in [2.05, 4.69) is 11.9 Å². The van der Waals surface area contributed by atoms with Gasteiger partial charge >= 0.3 is 0 Å². The summed E-state index contributed by atoms with van der Waals surface area (Å²) in [6.45, 7) is 3.57. The van der Waals surface area contributed by atoms with Crippen molar-refractivity contribution in [3.05, 3.63) is 24.3 Å². The first-order valence-electron chi connectivity index (χ1n) is 6.94. The number of carbonyl (C=O) groups is 3. The second kappa shape index (κ2) is 8.43. The summed E-state index contributed by atoms with van der Waals surface area (Å²) < 4.78 is 0. The molecule has 1 unspecified atom stereocenters. The Morgan fingerprint density at radius 1 is 1.20 bits per heavy atom. The summed E-state index contributed by atoms with van der Waals surface area (Å²) >= 11 is 0. The molecule has 0 spiro atoms. The second-order valence-electron chi connectivity index (χ2n) is 4.80. The van der Waals surface area contributed by atoms with Crippen molar-refractivity contribution in [3.8, 4) is 0 Å². The topological polar surface area (TPSA) is 83.5 Å². The maximum atomic E-state index is 11.6. The molecule has 0 aromatic rings. The minimum atomic E-state index is -1.02. The molecule has 1 atom stereocenters. The SMILES string of the molecule is C=CC(=O)C1C(=O)NC(=O)/C1=C\CCCCCCCO. The average molecular weight is 279 g/mol. The molecule has 1 fully saturated rings. The highest BCUT2D eigenvalue weighted by Gasteiger charge is 2.39. The van der Waals surface area contributed by atoms with Crippen LogP contribution in [0.5, 0.6) is 0 Å². The number of rotatable bonds is 9. The highest BCUT2D eigenvalue weighted by atomic mass is 16.3. The molecule has 1 aliphatic rings. The van der Waals surface area contributed by atoms with Crippen LogP contribution in [0.15, 0.2) is 24.3 Å². The summed E-state index contributed by atoms with van der Waals surface area (Å²) in [5.74, 6) is -2.50. The van der Waals surface area contributed by atoms with Crippen LogP contribution in [0, 0.1) is 5.92 Å². The van der Waals surface area contributed by atoms with Gasteiger partial charge in [0.25, 0.3) is 5.91 Å². The van der Waals surface area contributed by atoms with E-state index < -0.39 is 23.5 Å². The van der Waals surface area contributed by atoms with Crippen molar-refractivity contribution < 1.29 is 19.5 Å². The van der Waals surface area contributed by atoms with E-state index in [4.69, 9.17) is 5.11 Å². The zero-order chi connectivity index (χ0) is 15.0. The van der Waals surface area contributed by atoms with E-state index in [1.165, 1.54) is 0 Å². The van der Waals surface area contributed by atoms with Crippen molar-refractivity contribution in [3.63, 3.8) is 0 Å². The van der Waals surface area contributed by atoms with Gasteiger partial charge in [0.15, 0.2) is 5.78 Å². The van der Waals surface area contributed by atoms with Crippen LogP contribution in [0.1, 0.15) is 38.5 Å². The van der Waals surface area contributed by atoms with E-state index >= 15 is 0 Å². The number of ketones is 1. The highest BCUT2D eigenvalue weighted by molar-refractivity contribution is 6.25. The predicted molar refractivity (Wildman–Crippen MR) is 74.7 cm³/mol. The molecule has 5 nitrogen and oxygen atoms in total. The Morgan fingerprint density at radius 3 is 2.50 bits per heavy atom. The van der Waals surface area contributed by atoms with Crippen molar-refractivity contribution in [2.75, 3.05) is 6.61 Å². The lowest BCUT2D eigenvalue weighted by Gasteiger charge is -2.03. The molecule has 1 saturated heterocycles. The quantitative estimate of drug-likeness (QED) is 0.288. The van der Waals surface area contributed by atoms with Crippen molar-refractivity contribution in [1.29, 1.82) is 0 Å². The van der Waals surface area contributed by atoms with Crippen LogP contribution in [-0.2, 0) is 14.4 Å². The van der Waals surface area contributed by atoms with E-state index in [-0.39, 0.29) is 12.2 Å². The molecule has 0 aromatic heterocycles. The van der Waals surface area contributed by atoms with Gasteiger partial charge in [-0.25, -0.2) is 0 Å². The maximum Gasteiger partial charge on any atom is 0.254 e. The normalized spacial score (nSPS) is 20.2. The zero-order valence-corrected chi connectivity index (χ0v) is 11.6. The number of allylic oxidation sites excluding steroid dienone is 2. The van der Waals surface area contributed by atoms with Gasteiger partial charge in [-0.2, -0.15) is 0 Å². The molecule has 20 heavy (non-hydrogen) atoms. The van der Waals surface area contributed by atoms with Gasteiger partial charge in [0.1, 0.15) is 5.92 Å². The fourth-order valence-electron chi connectivity index (χ4n) is 2.18. The van der Waals surface area contributed by atoms with Crippen molar-refractivity contribution in [1.82, 2.24) is 5.32 Å². The van der Waals surface area contributed by atoms with Crippen molar-refractivity contribution >= 4 is 17.6 Å². The summed E-state index contributed by atoms with van der Waals surface area (Å²) in [6, 6.07) is 0. The number of nitrogens with one attached hydrogen (secondary N) is 1. The lowest BCUT2D eigenvalue weighted by Crippen LogP contribution is -2.25. The molecule has 0 bridgehead atoms. The van der Waals surface area contributed by atoms with Crippen LogP contribution in [-0.4, -0.2) is 29.3 Å². The average Bonchev–Trinajstić information content (AvgIpc) is 2.71. The number of amides is 2. The highest BCUT2D eigenvalue weighted by Crippen LogP contribution is 2.21. The molecule has 1 aliphatic heterocycles. The van der Waals surface area contributed by atoms with Gasteiger partial charge in [0.2, 0.25) is 5.91 Å². The fourth-order valence-corrected chi connectivity index (χ4v) is 2.18. The van der Waals surface area contributed by atoms with E-state index in [1.54, 1.807) is 6.08 Å². The third-order valence-electron chi connectivity index (χ3n) is 3.28. The molecule has 110 valence electrons. The summed E-state index contributed by atoms with van der Waals surface area (Å²) in [6.07, 6.45) is 8.15. The van der Waals surface area contributed by atoms with Gasteiger partial charge in [-0.3, -0.25) is 19.7 Å². The summed E-state index contributed by atoms with van der Waals surface area (Å²) in [7, 11) is 0. The molecule has 2 N–H and O–H groups in total. The monoisotopic (exact) mass is 279 g/mol. The minimum Gasteiger partial charge on any atom is -0.396 e. The lowest BCUT2D eigenvalue weighted by molar-refractivity contribution is -0.129. The van der Waals surface area contributed by atoms with Gasteiger partial charge < -0.3 is 5.11 Å². The van der Waals surface area contributed by atoms with E-state index in [0.717, 1.165) is 38.2 Å². The maximum absolute atomic E-state index is 11.6. The number of unbranched alkanes of at least 4 members (excludes halogenated alkanes) is 5. The largest absolute Gasteiger partial charge is 0.396 e. The Kier molecular flexibility index (Phi) is 6.87. The molecule has 5 heteroatoms. The smallest absolute Gasteiger partial charge is 0.254 e. The van der Waals surface area contributed by atoms with Crippen LogP contribution >= 0.6 is 0 Å². The molecular formula is C15H21NO4. The predicted octanol–water partition coefficient (Wildman–Crippen LogP) is 1.27. The standard InChI is InChI=1S/C15H21NO4/c1-2-12(18)13-11(14(19)16-15(13)20)9-7-5-3-4-6-8-10-17/h2,9,13,17H,1,3-8,10H2,(H,16,19,20)/b11-9-. The zero-order valence-electron chi connectivity index (χ0n) is 11.6. The first kappa shape index (κ1) is 16.3. The summed E-state index contributed by atoms with van der Waals surface area (Å²) in [4.78, 5) is 34.7. The Balaban J connectivity index is 2.48. The molecule has 0 aliphatic carbocycles. The molecule has 1 rings (SSSR count). The molecule has 0 saturated carbocycles. The van der Waals surface area contributed by atoms with Gasteiger partial charge in [-0.05, 0) is 25.3 Å². The van der Waals surface area contributed by atoms with E-state index in [0.29, 0.717) is 6.42 Å². The molecule has 2 amide bonds. The van der Waals surface area contributed by atoms with Crippen LogP contribution in [0.3, 0.4) is 0 Å². The van der Waals surface area contributed by atoms with Crippen LogP contribution in [0.2, 0.25) is 0 Å². The van der Waals surface area contributed by atoms with Crippen LogP contribution in [0.4, 0.5) is 0 Å². The molecule has 1 heterocycles. The van der Waals surface area contributed by atoms with Gasteiger partial charge in [-0.15, -0.1) is 0 Å². The number of imide groups is 1. The van der Waals surface area contributed by atoms with Crippen LogP contribution < -0.4 is 5.32 Å². The third-order valence-corrected chi connectivity index (χ3v) is 3.28. The van der Waals surface area contributed by atoms with E-state index in [1.807, 2.05) is 0 Å². The Hall–Kier alpha value is -1.75. The first-order valence-corrected chi connectivity index (χ1v) is 6.94. The number of hydrogen-bond acceptors (Lipinski definition) is 4. The summed E-state index contributed by atoms with van der Waals surface area (Å²) in [5, 5.41) is 10.8. The Bertz CT molecular complexity index is 426. The first-order chi connectivity index (χ1) is 9.61. The Morgan fingerprint density at radius 2 is 1.85 bits per heavy atom. The number of hydrogen-bond donors (Lipinski definition) is 2. The minimum absolute atomic E-state index is 0.220. The third kappa shape index (κ3) is 4.42. The van der Waals surface area contributed by atoms with Crippen molar-refractivity contribution in [2.45, 2.75) is 38.5 Å². The van der Waals surface area contributed by atoms with Gasteiger partial charge in [0.05, 0.1) is 0 Å². The Labute approximate surface area is 118 Å². The number of carbonyl (C=O) groups excluding carboxylic acids is 3. The van der Waals surface area contributed by atoms with Crippen LogP contribution in [0.25, 0.3) is 0 Å². The lowest BCUT2D eigenvalue weighted by atomic mass is 9.95. The number of aliphatic hydroxyl groups is 1. The number of aliphatic hydroxyl groups excluding tert-OH is 1. The second-order valence-corrected chi connectivity index (χ2v) is 4.80. The van der Waals surface area contributed by atoms with Gasteiger partial charge in [0, 0.05) is 12.2 Å². The molecule has 0 radical (unpaired) electrons. The molecular weight excluding hydrogens is 258 g/mol. The summed E-state index contributed by atoms with van der Waals surface area (Å²) in [5.41, 5.74) is 0.246. The fraction of sp³-hybridized carbons (Fsp3) is 0.533. The van der Waals surface area contributed by atoms with Gasteiger partial charge in [-0.1, -0.05) is 31.9 Å². The van der Waals surface area contributed by atoms with Crippen molar-refractivity contribution in [2.24, 2.45) is 5.92 Å². The van der Waals surface area contributed by atoms with E-state index in [9.17, 15) is 14.4 Å². The molecule has 0 aromatic carbocycles.